The molecule has 2 nitrogen and oxygen atoms in total. The lowest BCUT2D eigenvalue weighted by Gasteiger charge is -2.29. The first kappa shape index (κ1) is 9.19. The molecule has 0 saturated carbocycles. The maximum Gasteiger partial charge on any atom is 0.107 e. The van der Waals surface area contributed by atoms with Crippen molar-refractivity contribution in [2.24, 2.45) is 0 Å². The highest BCUT2D eigenvalue weighted by molar-refractivity contribution is 7.10. The third-order valence-electron chi connectivity index (χ3n) is 2.45. The van der Waals surface area contributed by atoms with Gasteiger partial charge in [-0.05, 0) is 30.9 Å². The highest BCUT2D eigenvalue weighted by Crippen LogP contribution is 2.33. The van der Waals surface area contributed by atoms with Gasteiger partial charge in [0.15, 0.2) is 0 Å². The monoisotopic (exact) mass is 197 g/mol. The fraction of sp³-hybridized carbons (Fsp3) is 0.600. The third-order valence-corrected chi connectivity index (χ3v) is 3.47. The van der Waals surface area contributed by atoms with Crippen LogP contribution in [0.1, 0.15) is 30.4 Å². The van der Waals surface area contributed by atoms with Crippen LogP contribution in [0.3, 0.4) is 0 Å². The summed E-state index contributed by atoms with van der Waals surface area (Å²) in [7, 11) is 0. The smallest absolute Gasteiger partial charge is 0.107 e. The quantitative estimate of drug-likeness (QED) is 0.785. The van der Waals surface area contributed by atoms with E-state index in [9.17, 15) is 0 Å². The molecule has 0 unspecified atom stereocenters. The first-order valence-corrected chi connectivity index (χ1v) is 5.62. The lowest BCUT2D eigenvalue weighted by molar-refractivity contribution is 0.0340. The predicted molar refractivity (Wildman–Crippen MR) is 55.0 cm³/mol. The number of fused-ring (bicyclic) bond motifs is 1. The molecule has 13 heavy (non-hydrogen) atoms. The fourth-order valence-electron chi connectivity index (χ4n) is 1.75. The van der Waals surface area contributed by atoms with Crippen LogP contribution >= 0.6 is 11.3 Å². The van der Waals surface area contributed by atoms with Gasteiger partial charge in [0.25, 0.3) is 0 Å². The molecule has 0 aliphatic carbocycles. The van der Waals surface area contributed by atoms with Crippen molar-refractivity contribution >= 4 is 11.3 Å². The molecule has 1 aliphatic heterocycles. The van der Waals surface area contributed by atoms with Crippen LogP contribution in [0.4, 0.5) is 0 Å². The normalized spacial score (nSPS) is 27.2. The molecule has 2 atom stereocenters. The van der Waals surface area contributed by atoms with Gasteiger partial charge in [-0.15, -0.1) is 11.3 Å². The van der Waals surface area contributed by atoms with Crippen molar-refractivity contribution in [3.05, 3.63) is 21.9 Å². The Morgan fingerprint density at radius 3 is 3.31 bits per heavy atom. The van der Waals surface area contributed by atoms with E-state index in [4.69, 9.17) is 4.74 Å². The maximum absolute atomic E-state index is 5.73. The van der Waals surface area contributed by atoms with E-state index in [-0.39, 0.29) is 6.10 Å². The number of ether oxygens (including phenoxy) is 1. The van der Waals surface area contributed by atoms with E-state index in [0.29, 0.717) is 6.04 Å². The van der Waals surface area contributed by atoms with Crippen molar-refractivity contribution in [3.8, 4) is 0 Å². The zero-order valence-corrected chi connectivity index (χ0v) is 8.86. The summed E-state index contributed by atoms with van der Waals surface area (Å²) in [6.07, 6.45) is 0.258. The Bertz CT molecular complexity index is 284. The number of rotatable bonds is 2. The maximum atomic E-state index is 5.73. The van der Waals surface area contributed by atoms with E-state index in [0.717, 1.165) is 13.2 Å². The standard InChI is InChI=1S/C10H15NOS/c1-3-12-9-7(2)11-6-8-4-5-13-10(8)9/h4-5,7,9,11H,3,6H2,1-2H3/t7-,9-/m0/s1. The molecule has 1 aromatic heterocycles. The van der Waals surface area contributed by atoms with Crippen LogP contribution in [0.2, 0.25) is 0 Å². The summed E-state index contributed by atoms with van der Waals surface area (Å²) in [6, 6.07) is 2.62. The van der Waals surface area contributed by atoms with Gasteiger partial charge in [-0.2, -0.15) is 0 Å². The summed E-state index contributed by atoms with van der Waals surface area (Å²) in [5.74, 6) is 0. The van der Waals surface area contributed by atoms with E-state index in [2.05, 4.69) is 30.6 Å². The van der Waals surface area contributed by atoms with Gasteiger partial charge in [0.05, 0.1) is 0 Å². The van der Waals surface area contributed by atoms with Crippen LogP contribution in [0.25, 0.3) is 0 Å². The van der Waals surface area contributed by atoms with Crippen LogP contribution in [0, 0.1) is 0 Å². The molecule has 0 aromatic carbocycles. The molecule has 0 saturated heterocycles. The van der Waals surface area contributed by atoms with Crippen LogP contribution in [-0.2, 0) is 11.3 Å². The molecule has 0 spiro atoms. The summed E-state index contributed by atoms with van der Waals surface area (Å²) < 4.78 is 5.73. The molecule has 2 rings (SSSR count). The van der Waals surface area contributed by atoms with Crippen molar-refractivity contribution < 1.29 is 4.74 Å². The Labute approximate surface area is 82.9 Å². The minimum atomic E-state index is 0.258. The second-order valence-corrected chi connectivity index (χ2v) is 4.30. The highest BCUT2D eigenvalue weighted by Gasteiger charge is 2.27. The molecular weight excluding hydrogens is 182 g/mol. The SMILES string of the molecule is CCO[C@@H]1c2sccc2CN[C@H]1C. The number of thiophene rings is 1. The lowest BCUT2D eigenvalue weighted by atomic mass is 10.0. The van der Waals surface area contributed by atoms with Gasteiger partial charge in [-0.1, -0.05) is 0 Å². The zero-order valence-electron chi connectivity index (χ0n) is 8.04. The van der Waals surface area contributed by atoms with Crippen LogP contribution in [0.5, 0.6) is 0 Å². The Morgan fingerprint density at radius 1 is 1.69 bits per heavy atom. The van der Waals surface area contributed by atoms with Crippen molar-refractivity contribution in [3.63, 3.8) is 0 Å². The Kier molecular flexibility index (Phi) is 2.67. The first-order valence-electron chi connectivity index (χ1n) is 4.74. The van der Waals surface area contributed by atoms with Gasteiger partial charge in [-0.3, -0.25) is 0 Å². The minimum absolute atomic E-state index is 0.258. The van der Waals surface area contributed by atoms with Gasteiger partial charge in [0, 0.05) is 24.1 Å². The van der Waals surface area contributed by atoms with E-state index in [1.807, 2.05) is 11.3 Å². The van der Waals surface area contributed by atoms with E-state index < -0.39 is 0 Å². The molecule has 1 N–H and O–H groups in total. The lowest BCUT2D eigenvalue weighted by Crippen LogP contribution is -2.37. The molecule has 0 radical (unpaired) electrons. The van der Waals surface area contributed by atoms with Crippen LogP contribution < -0.4 is 5.32 Å². The molecule has 1 aliphatic rings. The van der Waals surface area contributed by atoms with Gasteiger partial charge >= 0.3 is 0 Å². The zero-order chi connectivity index (χ0) is 9.26. The van der Waals surface area contributed by atoms with Crippen molar-refractivity contribution in [1.82, 2.24) is 5.32 Å². The largest absolute Gasteiger partial charge is 0.371 e. The molecule has 2 heterocycles. The molecular formula is C10H15NOS. The summed E-state index contributed by atoms with van der Waals surface area (Å²) in [4.78, 5) is 1.41. The first-order chi connectivity index (χ1) is 6.33. The van der Waals surface area contributed by atoms with Gasteiger partial charge < -0.3 is 10.1 Å². The van der Waals surface area contributed by atoms with E-state index in [1.54, 1.807) is 0 Å². The van der Waals surface area contributed by atoms with Crippen molar-refractivity contribution in [2.45, 2.75) is 32.5 Å². The molecule has 3 heteroatoms. The molecule has 0 amide bonds. The number of hydrogen-bond acceptors (Lipinski definition) is 3. The highest BCUT2D eigenvalue weighted by atomic mass is 32.1. The molecule has 72 valence electrons. The Morgan fingerprint density at radius 2 is 2.54 bits per heavy atom. The number of nitrogens with one attached hydrogen (secondary N) is 1. The predicted octanol–water partition coefficient (Wildman–Crippen LogP) is 2.32. The third kappa shape index (κ3) is 1.64. The second-order valence-electron chi connectivity index (χ2n) is 3.36. The van der Waals surface area contributed by atoms with Gasteiger partial charge in [0.1, 0.15) is 6.10 Å². The van der Waals surface area contributed by atoms with Crippen molar-refractivity contribution in [1.29, 1.82) is 0 Å². The fourth-order valence-corrected chi connectivity index (χ4v) is 2.82. The van der Waals surface area contributed by atoms with Gasteiger partial charge in [-0.25, -0.2) is 0 Å². The molecule has 0 fully saturated rings. The Balaban J connectivity index is 2.25. The van der Waals surface area contributed by atoms with Crippen molar-refractivity contribution in [2.75, 3.05) is 6.61 Å². The Hall–Kier alpha value is -0.380. The van der Waals surface area contributed by atoms with E-state index in [1.165, 1.54) is 10.4 Å². The molecule has 1 aromatic rings. The minimum Gasteiger partial charge on any atom is -0.371 e. The van der Waals surface area contributed by atoms with Gasteiger partial charge in [0.2, 0.25) is 0 Å². The number of hydrogen-bond donors (Lipinski definition) is 1. The average molecular weight is 197 g/mol. The summed E-state index contributed by atoms with van der Waals surface area (Å²) in [6.45, 7) is 6.01. The molecule has 0 bridgehead atoms. The summed E-state index contributed by atoms with van der Waals surface area (Å²) >= 11 is 1.81. The van der Waals surface area contributed by atoms with Crippen LogP contribution in [0.15, 0.2) is 11.4 Å². The average Bonchev–Trinajstić information content (AvgIpc) is 2.58. The summed E-state index contributed by atoms with van der Waals surface area (Å²) in [5, 5.41) is 5.59. The van der Waals surface area contributed by atoms with Crippen LogP contribution in [-0.4, -0.2) is 12.6 Å². The second kappa shape index (κ2) is 3.78. The van der Waals surface area contributed by atoms with E-state index >= 15 is 0 Å². The summed E-state index contributed by atoms with van der Waals surface area (Å²) in [5.41, 5.74) is 1.40. The topological polar surface area (TPSA) is 21.3 Å².